The molecule has 0 spiro atoms. The van der Waals surface area contributed by atoms with Gasteiger partial charge in [-0.1, -0.05) is 0 Å². The third-order valence-corrected chi connectivity index (χ3v) is 1.73. The molecule has 0 aliphatic rings. The molecule has 1 amide bonds. The first-order valence-corrected chi connectivity index (χ1v) is 4.29. The highest BCUT2D eigenvalue weighted by Crippen LogP contribution is 2.15. The standard InChI is InChI=1S/C8H11N3O4/c1-5(4-9)10-8(12)6-2-3-7(15-6)11(13)14/h2-3,5H,4,9H2,1H3,(H,10,12)/t5-/m1/s1. The van der Waals surface area contributed by atoms with E-state index in [9.17, 15) is 14.9 Å². The predicted octanol–water partition coefficient (Wildman–Crippen LogP) is 0.265. The maximum absolute atomic E-state index is 11.4. The number of carbonyl (C=O) groups excluding carboxylic acids is 1. The predicted molar refractivity (Wildman–Crippen MR) is 51.3 cm³/mol. The normalized spacial score (nSPS) is 12.1. The minimum absolute atomic E-state index is 0.0954. The van der Waals surface area contributed by atoms with Crippen LogP contribution in [0.2, 0.25) is 0 Å². The van der Waals surface area contributed by atoms with E-state index in [1.807, 2.05) is 0 Å². The second kappa shape index (κ2) is 4.56. The van der Waals surface area contributed by atoms with E-state index >= 15 is 0 Å². The van der Waals surface area contributed by atoms with E-state index in [-0.39, 0.29) is 18.3 Å². The van der Waals surface area contributed by atoms with Crippen LogP contribution in [0.4, 0.5) is 5.88 Å². The highest BCUT2D eigenvalue weighted by molar-refractivity contribution is 5.91. The largest absolute Gasteiger partial charge is 0.433 e. The first kappa shape index (κ1) is 11.2. The van der Waals surface area contributed by atoms with Gasteiger partial charge < -0.3 is 15.5 Å². The lowest BCUT2D eigenvalue weighted by molar-refractivity contribution is -0.402. The van der Waals surface area contributed by atoms with E-state index in [4.69, 9.17) is 10.2 Å². The van der Waals surface area contributed by atoms with Gasteiger partial charge in [0, 0.05) is 12.6 Å². The molecule has 0 saturated heterocycles. The first-order chi connectivity index (χ1) is 7.04. The fourth-order valence-corrected chi connectivity index (χ4v) is 0.902. The van der Waals surface area contributed by atoms with Crippen LogP contribution in [0.1, 0.15) is 17.5 Å². The summed E-state index contributed by atoms with van der Waals surface area (Å²) in [6.45, 7) is 2.00. The van der Waals surface area contributed by atoms with Gasteiger partial charge in [-0.2, -0.15) is 0 Å². The van der Waals surface area contributed by atoms with E-state index in [2.05, 4.69) is 5.32 Å². The summed E-state index contributed by atoms with van der Waals surface area (Å²) in [6.07, 6.45) is 0. The third kappa shape index (κ3) is 2.78. The molecule has 1 heterocycles. The van der Waals surface area contributed by atoms with Gasteiger partial charge in [-0.15, -0.1) is 0 Å². The highest BCUT2D eigenvalue weighted by Gasteiger charge is 2.17. The molecule has 0 aliphatic heterocycles. The summed E-state index contributed by atoms with van der Waals surface area (Å²) in [5.41, 5.74) is 5.30. The molecule has 0 fully saturated rings. The van der Waals surface area contributed by atoms with Gasteiger partial charge in [0.15, 0.2) is 5.76 Å². The van der Waals surface area contributed by atoms with Crippen LogP contribution in [0.25, 0.3) is 0 Å². The Bertz CT molecular complexity index is 374. The van der Waals surface area contributed by atoms with Crippen LogP contribution in [-0.4, -0.2) is 23.4 Å². The lowest BCUT2D eigenvalue weighted by atomic mass is 10.3. The molecule has 1 rings (SSSR count). The summed E-state index contributed by atoms with van der Waals surface area (Å²) in [6, 6.07) is 2.17. The number of nitrogens with two attached hydrogens (primary N) is 1. The number of hydrogen-bond acceptors (Lipinski definition) is 5. The average Bonchev–Trinajstić information content (AvgIpc) is 2.66. The van der Waals surface area contributed by atoms with Crippen LogP contribution in [0.3, 0.4) is 0 Å². The smallest absolute Gasteiger partial charge is 0.395 e. The Morgan fingerprint density at radius 1 is 1.73 bits per heavy atom. The molecule has 0 bridgehead atoms. The lowest BCUT2D eigenvalue weighted by Gasteiger charge is -2.08. The molecule has 0 aromatic carbocycles. The SMILES string of the molecule is C[C@H](CN)NC(=O)c1ccc([N+](=O)[O-])o1. The fourth-order valence-electron chi connectivity index (χ4n) is 0.902. The van der Waals surface area contributed by atoms with Crippen molar-refractivity contribution in [3.8, 4) is 0 Å². The number of nitrogens with zero attached hydrogens (tertiary/aromatic N) is 1. The van der Waals surface area contributed by atoms with E-state index in [1.165, 1.54) is 6.07 Å². The van der Waals surface area contributed by atoms with Crippen LogP contribution in [0, 0.1) is 10.1 Å². The zero-order valence-electron chi connectivity index (χ0n) is 8.10. The quantitative estimate of drug-likeness (QED) is 0.550. The number of furan rings is 1. The highest BCUT2D eigenvalue weighted by atomic mass is 16.6. The zero-order valence-corrected chi connectivity index (χ0v) is 8.10. The Morgan fingerprint density at radius 3 is 2.87 bits per heavy atom. The monoisotopic (exact) mass is 213 g/mol. The molecule has 1 aromatic heterocycles. The van der Waals surface area contributed by atoms with E-state index < -0.39 is 16.7 Å². The number of nitrogens with one attached hydrogen (secondary N) is 1. The zero-order chi connectivity index (χ0) is 11.4. The van der Waals surface area contributed by atoms with Crippen LogP contribution < -0.4 is 11.1 Å². The van der Waals surface area contributed by atoms with Crippen molar-refractivity contribution in [1.82, 2.24) is 5.32 Å². The molecular formula is C8H11N3O4. The molecular weight excluding hydrogens is 202 g/mol. The Hall–Kier alpha value is -1.89. The van der Waals surface area contributed by atoms with Crippen molar-refractivity contribution < 1.29 is 14.1 Å². The Morgan fingerprint density at radius 2 is 2.40 bits per heavy atom. The van der Waals surface area contributed by atoms with Gasteiger partial charge in [0.2, 0.25) is 0 Å². The van der Waals surface area contributed by atoms with Crippen LogP contribution in [-0.2, 0) is 0 Å². The summed E-state index contributed by atoms with van der Waals surface area (Å²) in [7, 11) is 0. The number of rotatable bonds is 4. The summed E-state index contributed by atoms with van der Waals surface area (Å²) in [5, 5.41) is 12.8. The molecule has 7 nitrogen and oxygen atoms in total. The summed E-state index contributed by atoms with van der Waals surface area (Å²) in [5.74, 6) is -1.07. The molecule has 1 atom stereocenters. The minimum Gasteiger partial charge on any atom is -0.395 e. The van der Waals surface area contributed by atoms with Crippen LogP contribution in [0.15, 0.2) is 16.5 Å². The van der Waals surface area contributed by atoms with Crippen molar-refractivity contribution in [3.05, 3.63) is 28.0 Å². The summed E-state index contributed by atoms with van der Waals surface area (Å²) in [4.78, 5) is 20.9. The third-order valence-electron chi connectivity index (χ3n) is 1.73. The van der Waals surface area contributed by atoms with Gasteiger partial charge in [-0.25, -0.2) is 0 Å². The molecule has 7 heteroatoms. The molecule has 82 valence electrons. The second-order valence-electron chi connectivity index (χ2n) is 3.01. The fraction of sp³-hybridized carbons (Fsp3) is 0.375. The van der Waals surface area contributed by atoms with Gasteiger partial charge in [0.05, 0.1) is 6.07 Å². The molecule has 15 heavy (non-hydrogen) atoms. The molecule has 1 aromatic rings. The first-order valence-electron chi connectivity index (χ1n) is 4.29. The van der Waals surface area contributed by atoms with Gasteiger partial charge in [-0.3, -0.25) is 14.9 Å². The summed E-state index contributed by atoms with van der Waals surface area (Å²) >= 11 is 0. The minimum atomic E-state index is -0.705. The second-order valence-corrected chi connectivity index (χ2v) is 3.01. The number of hydrogen-bond donors (Lipinski definition) is 2. The molecule has 3 N–H and O–H groups in total. The van der Waals surface area contributed by atoms with Crippen molar-refractivity contribution in [2.45, 2.75) is 13.0 Å². The van der Waals surface area contributed by atoms with Crippen molar-refractivity contribution in [3.63, 3.8) is 0 Å². The van der Waals surface area contributed by atoms with Gasteiger partial charge in [0.25, 0.3) is 5.91 Å². The Kier molecular flexibility index (Phi) is 3.40. The van der Waals surface area contributed by atoms with Crippen LogP contribution >= 0.6 is 0 Å². The van der Waals surface area contributed by atoms with Crippen molar-refractivity contribution in [2.75, 3.05) is 6.54 Å². The molecule has 0 aliphatic carbocycles. The van der Waals surface area contributed by atoms with E-state index in [0.717, 1.165) is 6.07 Å². The Labute approximate surface area is 85.4 Å². The number of nitro groups is 1. The maximum atomic E-state index is 11.4. The van der Waals surface area contributed by atoms with Crippen molar-refractivity contribution >= 4 is 11.8 Å². The summed E-state index contributed by atoms with van der Waals surface area (Å²) < 4.78 is 4.70. The van der Waals surface area contributed by atoms with Gasteiger partial charge >= 0.3 is 5.88 Å². The van der Waals surface area contributed by atoms with Crippen LogP contribution in [0.5, 0.6) is 0 Å². The van der Waals surface area contributed by atoms with E-state index in [1.54, 1.807) is 6.92 Å². The average molecular weight is 213 g/mol. The Balaban J connectivity index is 2.70. The number of carbonyl (C=O) groups is 1. The maximum Gasteiger partial charge on any atom is 0.433 e. The lowest BCUT2D eigenvalue weighted by Crippen LogP contribution is -2.37. The van der Waals surface area contributed by atoms with Gasteiger partial charge in [-0.05, 0) is 13.0 Å². The van der Waals surface area contributed by atoms with E-state index in [0.29, 0.717) is 0 Å². The molecule has 0 radical (unpaired) electrons. The molecule has 0 saturated carbocycles. The topological polar surface area (TPSA) is 111 Å². The van der Waals surface area contributed by atoms with Crippen molar-refractivity contribution in [2.24, 2.45) is 5.73 Å². The number of amides is 1. The van der Waals surface area contributed by atoms with Crippen molar-refractivity contribution in [1.29, 1.82) is 0 Å². The van der Waals surface area contributed by atoms with Gasteiger partial charge in [0.1, 0.15) is 4.92 Å². The molecule has 0 unspecified atom stereocenters.